The van der Waals surface area contributed by atoms with Crippen LogP contribution in [0, 0.1) is 40.3 Å². The number of rotatable bonds is 5. The average molecular weight is 434 g/mol. The van der Waals surface area contributed by atoms with Crippen LogP contribution in [0.2, 0.25) is 0 Å². The number of aromatic nitrogens is 1. The zero-order valence-electron chi connectivity index (χ0n) is 17.5. The van der Waals surface area contributed by atoms with Gasteiger partial charge >= 0.3 is 0 Å². The Morgan fingerprint density at radius 1 is 1.12 bits per heavy atom. The zero-order valence-corrected chi connectivity index (χ0v) is 17.5. The molecule has 1 atom stereocenters. The van der Waals surface area contributed by atoms with Crippen LogP contribution in [-0.2, 0) is 9.63 Å². The first-order valence-corrected chi connectivity index (χ1v) is 10.7. The van der Waals surface area contributed by atoms with Crippen LogP contribution < -0.4 is 4.74 Å². The molecule has 2 aromatic rings. The second kappa shape index (κ2) is 9.76. The van der Waals surface area contributed by atoms with Gasteiger partial charge in [0.25, 0.3) is 0 Å². The third kappa shape index (κ3) is 4.87. The van der Waals surface area contributed by atoms with E-state index in [1.807, 2.05) is 6.07 Å². The lowest BCUT2D eigenvalue weighted by Gasteiger charge is -2.31. The number of ether oxygens (including phenoxy) is 1. The maximum absolute atomic E-state index is 13.9. The topological polar surface area (TPSA) is 99.2 Å². The lowest BCUT2D eigenvalue weighted by molar-refractivity contribution is -0.183. The van der Waals surface area contributed by atoms with Crippen molar-refractivity contribution in [2.75, 3.05) is 13.2 Å². The molecule has 1 saturated heterocycles. The molecule has 4 rings (SSSR count). The Bertz CT molecular complexity index is 1070. The van der Waals surface area contributed by atoms with E-state index in [4.69, 9.17) is 20.1 Å². The fourth-order valence-corrected chi connectivity index (χ4v) is 4.38. The Morgan fingerprint density at radius 2 is 1.91 bits per heavy atom. The monoisotopic (exact) mass is 434 g/mol. The first kappa shape index (κ1) is 21.7. The van der Waals surface area contributed by atoms with Crippen LogP contribution in [0.15, 0.2) is 36.5 Å². The number of carbonyl (C=O) groups is 1. The number of carbonyl (C=O) groups excluding carboxylic acids is 1. The molecule has 1 saturated carbocycles. The number of nitrogens with zero attached hydrogens (tertiary/aromatic N) is 4. The molecule has 0 bridgehead atoms. The number of amides is 1. The van der Waals surface area contributed by atoms with Crippen LogP contribution in [0.4, 0.5) is 4.39 Å². The number of hydrogen-bond acceptors (Lipinski definition) is 6. The molecule has 1 aromatic heterocycles. The minimum atomic E-state index is -0.492. The van der Waals surface area contributed by atoms with Gasteiger partial charge in [0.1, 0.15) is 5.82 Å². The Kier molecular flexibility index (Phi) is 6.63. The molecule has 0 N–H and O–H groups in total. The van der Waals surface area contributed by atoms with Gasteiger partial charge in [0.2, 0.25) is 11.8 Å². The van der Waals surface area contributed by atoms with E-state index in [1.54, 1.807) is 24.4 Å². The van der Waals surface area contributed by atoms with E-state index in [1.165, 1.54) is 17.2 Å². The molecule has 2 fully saturated rings. The van der Waals surface area contributed by atoms with Crippen LogP contribution in [0.1, 0.15) is 54.8 Å². The number of halogens is 1. The zero-order chi connectivity index (χ0) is 22.5. The summed E-state index contributed by atoms with van der Waals surface area (Å²) in [6, 6.07) is 11.0. The van der Waals surface area contributed by atoms with Gasteiger partial charge in [-0.15, -0.1) is 0 Å². The molecule has 164 valence electrons. The summed E-state index contributed by atoms with van der Waals surface area (Å²) in [6.45, 7) is 0.874. The Hall–Kier alpha value is -3.49. The first-order valence-electron chi connectivity index (χ1n) is 10.7. The predicted octanol–water partition coefficient (Wildman–Crippen LogP) is 4.05. The summed E-state index contributed by atoms with van der Waals surface area (Å²) in [7, 11) is 0. The van der Waals surface area contributed by atoms with E-state index in [9.17, 15) is 9.18 Å². The molecule has 1 aliphatic heterocycles. The van der Waals surface area contributed by atoms with E-state index in [-0.39, 0.29) is 23.4 Å². The van der Waals surface area contributed by atoms with Crippen molar-refractivity contribution in [1.82, 2.24) is 10.0 Å². The molecule has 8 heteroatoms. The van der Waals surface area contributed by atoms with Gasteiger partial charge in [-0.2, -0.15) is 10.5 Å². The van der Waals surface area contributed by atoms with Crippen molar-refractivity contribution in [3.63, 3.8) is 0 Å². The molecule has 0 radical (unpaired) electrons. The van der Waals surface area contributed by atoms with Gasteiger partial charge in [-0.05, 0) is 61.4 Å². The summed E-state index contributed by atoms with van der Waals surface area (Å²) >= 11 is 0. The van der Waals surface area contributed by atoms with Crippen LogP contribution in [0.3, 0.4) is 0 Å². The smallest absolute Gasteiger partial charge is 0.249 e. The van der Waals surface area contributed by atoms with Crippen molar-refractivity contribution >= 4 is 5.91 Å². The van der Waals surface area contributed by atoms with E-state index in [0.717, 1.165) is 25.7 Å². The van der Waals surface area contributed by atoms with Crippen molar-refractivity contribution in [2.24, 2.45) is 11.8 Å². The number of hydrogen-bond donors (Lipinski definition) is 0. The minimum Gasteiger partial charge on any atom is -0.477 e. The van der Waals surface area contributed by atoms with Gasteiger partial charge in [-0.1, -0.05) is 0 Å². The summed E-state index contributed by atoms with van der Waals surface area (Å²) < 4.78 is 19.7. The number of nitriles is 2. The van der Waals surface area contributed by atoms with Gasteiger partial charge in [0.15, 0.2) is 0 Å². The van der Waals surface area contributed by atoms with Gasteiger partial charge in [-0.3, -0.25) is 9.63 Å². The summed E-state index contributed by atoms with van der Waals surface area (Å²) in [5.74, 6) is 0.00764. The quantitative estimate of drug-likeness (QED) is 0.704. The number of pyridine rings is 1. The molecular formula is C24H23FN4O3. The molecule has 7 nitrogen and oxygen atoms in total. The van der Waals surface area contributed by atoms with Gasteiger partial charge in [-0.25, -0.2) is 14.4 Å². The van der Waals surface area contributed by atoms with Gasteiger partial charge < -0.3 is 4.74 Å². The van der Waals surface area contributed by atoms with Crippen LogP contribution in [-0.4, -0.2) is 29.2 Å². The van der Waals surface area contributed by atoms with Crippen molar-refractivity contribution in [2.45, 2.75) is 38.1 Å². The molecule has 1 aromatic carbocycles. The van der Waals surface area contributed by atoms with E-state index in [2.05, 4.69) is 11.1 Å². The highest BCUT2D eigenvalue weighted by Gasteiger charge is 2.37. The van der Waals surface area contributed by atoms with Crippen LogP contribution >= 0.6 is 0 Å². The second-order valence-corrected chi connectivity index (χ2v) is 8.21. The fourth-order valence-electron chi connectivity index (χ4n) is 4.38. The summed E-state index contributed by atoms with van der Waals surface area (Å²) in [5.41, 5.74) is 1.32. The van der Waals surface area contributed by atoms with Crippen LogP contribution in [0.25, 0.3) is 0 Å². The maximum Gasteiger partial charge on any atom is 0.249 e. The highest BCUT2D eigenvalue weighted by Crippen LogP contribution is 2.36. The lowest BCUT2D eigenvalue weighted by Crippen LogP contribution is -2.37. The molecule has 1 amide bonds. The molecule has 1 aliphatic carbocycles. The summed E-state index contributed by atoms with van der Waals surface area (Å²) in [4.78, 5) is 22.9. The van der Waals surface area contributed by atoms with E-state index < -0.39 is 5.82 Å². The van der Waals surface area contributed by atoms with E-state index >= 15 is 0 Å². The minimum absolute atomic E-state index is 0.0852. The predicted molar refractivity (Wildman–Crippen MR) is 111 cm³/mol. The fraction of sp³-hybridized carbons (Fsp3) is 0.417. The number of benzene rings is 1. The molecule has 0 spiro atoms. The summed E-state index contributed by atoms with van der Waals surface area (Å²) in [5, 5.41) is 19.5. The van der Waals surface area contributed by atoms with Crippen molar-refractivity contribution in [3.05, 3.63) is 59.0 Å². The Balaban J connectivity index is 1.33. The van der Waals surface area contributed by atoms with Crippen molar-refractivity contribution < 1.29 is 18.8 Å². The van der Waals surface area contributed by atoms with Gasteiger partial charge in [0.05, 0.1) is 42.5 Å². The van der Waals surface area contributed by atoms with Crippen molar-refractivity contribution in [3.8, 4) is 18.0 Å². The molecule has 32 heavy (non-hydrogen) atoms. The average Bonchev–Trinajstić information content (AvgIpc) is 3.32. The third-order valence-electron chi connectivity index (χ3n) is 6.08. The highest BCUT2D eigenvalue weighted by molar-refractivity contribution is 5.78. The standard InChI is InChI=1S/C24H23FN4O3/c25-21-10-18(14-27)9-20(12-21)22-6-8-32-29(22)24(30)19-3-1-16(2-4-19)15-31-23-11-17(13-26)5-7-28-23/h5,7,9-12,16,19,22H,1-4,6,8,15H2/t16-,19-,22-/m0/s1. The SMILES string of the molecule is N#Cc1cc(F)cc([C@@H]2CCON2C(=O)[C@H]2CC[C@H](COc3cc(C#N)ccn3)CC2)c1. The lowest BCUT2D eigenvalue weighted by atomic mass is 9.81. The van der Waals surface area contributed by atoms with Crippen molar-refractivity contribution in [1.29, 1.82) is 10.5 Å². The third-order valence-corrected chi connectivity index (χ3v) is 6.08. The summed E-state index contributed by atoms with van der Waals surface area (Å²) in [6.07, 6.45) is 5.23. The molecule has 2 heterocycles. The second-order valence-electron chi connectivity index (χ2n) is 8.21. The number of hydroxylamine groups is 2. The first-order chi connectivity index (χ1) is 15.6. The molecule has 0 unspecified atom stereocenters. The molecule has 2 aliphatic rings. The van der Waals surface area contributed by atoms with Crippen LogP contribution in [0.5, 0.6) is 5.88 Å². The Labute approximate surface area is 185 Å². The normalized spacial score (nSPS) is 22.7. The Morgan fingerprint density at radius 3 is 2.66 bits per heavy atom. The molecular weight excluding hydrogens is 411 g/mol. The van der Waals surface area contributed by atoms with Gasteiger partial charge in [0, 0.05) is 24.6 Å². The van der Waals surface area contributed by atoms with E-state index in [0.29, 0.717) is 42.6 Å². The maximum atomic E-state index is 13.9. The largest absolute Gasteiger partial charge is 0.477 e. The highest BCUT2D eigenvalue weighted by atomic mass is 19.1.